The highest BCUT2D eigenvalue weighted by atomic mass is 16.5. The van der Waals surface area contributed by atoms with Gasteiger partial charge in [0.25, 0.3) is 0 Å². The lowest BCUT2D eigenvalue weighted by atomic mass is 9.80. The van der Waals surface area contributed by atoms with Crippen molar-refractivity contribution in [3.8, 4) is 0 Å². The molecule has 0 aromatic carbocycles. The number of nitrogens with one attached hydrogen (secondary N) is 1. The first-order valence-corrected chi connectivity index (χ1v) is 8.30. The molecule has 2 unspecified atom stereocenters. The van der Waals surface area contributed by atoms with E-state index in [2.05, 4.69) is 12.2 Å². The molecule has 5 nitrogen and oxygen atoms in total. The summed E-state index contributed by atoms with van der Waals surface area (Å²) in [7, 11) is 0. The molecule has 1 fully saturated rings. The van der Waals surface area contributed by atoms with E-state index in [0.717, 1.165) is 38.8 Å². The van der Waals surface area contributed by atoms with Gasteiger partial charge in [-0.2, -0.15) is 0 Å². The Bertz CT molecular complexity index is 294. The number of hydrogen-bond acceptors (Lipinski definition) is 5. The lowest BCUT2D eigenvalue weighted by Gasteiger charge is -2.39. The molecule has 0 aliphatic heterocycles. The lowest BCUT2D eigenvalue weighted by molar-refractivity contribution is -0.155. The van der Waals surface area contributed by atoms with Crippen molar-refractivity contribution in [1.29, 1.82) is 0 Å². The second-order valence-corrected chi connectivity index (χ2v) is 5.53. The zero-order valence-corrected chi connectivity index (χ0v) is 13.8. The molecule has 0 aromatic rings. The van der Waals surface area contributed by atoms with E-state index in [1.165, 1.54) is 0 Å². The summed E-state index contributed by atoms with van der Waals surface area (Å²) in [5.74, 6) is -0.137. The number of ether oxygens (including phenoxy) is 3. The highest BCUT2D eigenvalue weighted by molar-refractivity contribution is 5.81. The molecule has 1 rings (SSSR count). The van der Waals surface area contributed by atoms with Crippen molar-refractivity contribution in [2.45, 2.75) is 64.5 Å². The van der Waals surface area contributed by atoms with Crippen molar-refractivity contribution in [2.24, 2.45) is 0 Å². The van der Waals surface area contributed by atoms with Crippen LogP contribution in [-0.2, 0) is 19.0 Å². The van der Waals surface area contributed by atoms with Crippen LogP contribution in [0.15, 0.2) is 0 Å². The number of carbonyl (C=O) groups excluding carboxylic acids is 1. The van der Waals surface area contributed by atoms with Gasteiger partial charge in [-0.1, -0.05) is 13.8 Å². The van der Waals surface area contributed by atoms with Crippen molar-refractivity contribution in [3.05, 3.63) is 0 Å². The van der Waals surface area contributed by atoms with Gasteiger partial charge >= 0.3 is 5.97 Å². The molecule has 21 heavy (non-hydrogen) atoms. The Morgan fingerprint density at radius 3 is 2.71 bits per heavy atom. The zero-order valence-electron chi connectivity index (χ0n) is 13.8. The van der Waals surface area contributed by atoms with Gasteiger partial charge in [-0.3, -0.25) is 4.79 Å². The van der Waals surface area contributed by atoms with E-state index in [9.17, 15) is 4.79 Å². The summed E-state index contributed by atoms with van der Waals surface area (Å²) in [6, 6.07) is 0. The summed E-state index contributed by atoms with van der Waals surface area (Å²) >= 11 is 0. The minimum atomic E-state index is -0.571. The Morgan fingerprint density at radius 1 is 1.24 bits per heavy atom. The van der Waals surface area contributed by atoms with Crippen LogP contribution in [0.1, 0.15) is 52.9 Å². The van der Waals surface area contributed by atoms with Crippen molar-refractivity contribution < 1.29 is 19.0 Å². The van der Waals surface area contributed by atoms with Crippen molar-refractivity contribution in [2.75, 3.05) is 33.0 Å². The van der Waals surface area contributed by atoms with Crippen LogP contribution < -0.4 is 5.32 Å². The molecular formula is C16H31NO4. The zero-order chi connectivity index (χ0) is 15.6. The maximum absolute atomic E-state index is 12.3. The minimum Gasteiger partial charge on any atom is -0.465 e. The molecule has 0 bridgehead atoms. The standard InChI is InChI=1S/C16H31NO4/c1-4-10-19-11-12-21-14-8-7-9-16(13-14,17-5-2)15(18)20-6-3/h14,17H,4-13H2,1-3H3. The second-order valence-electron chi connectivity index (χ2n) is 5.53. The molecule has 1 aliphatic carbocycles. The first kappa shape index (κ1) is 18.4. The number of rotatable bonds is 10. The maximum atomic E-state index is 12.3. The van der Waals surface area contributed by atoms with Crippen LogP contribution >= 0.6 is 0 Å². The third kappa shape index (κ3) is 5.93. The average Bonchev–Trinajstić information content (AvgIpc) is 2.48. The molecule has 1 saturated carbocycles. The Hall–Kier alpha value is -0.650. The van der Waals surface area contributed by atoms with Crippen LogP contribution in [-0.4, -0.2) is 50.6 Å². The van der Waals surface area contributed by atoms with Crippen LogP contribution in [0, 0.1) is 0 Å². The predicted octanol–water partition coefficient (Wildman–Crippen LogP) is 2.28. The van der Waals surface area contributed by atoms with E-state index < -0.39 is 5.54 Å². The summed E-state index contributed by atoms with van der Waals surface area (Å²) in [5.41, 5.74) is -0.571. The van der Waals surface area contributed by atoms with Crippen molar-refractivity contribution in [3.63, 3.8) is 0 Å². The Balaban J connectivity index is 2.47. The maximum Gasteiger partial charge on any atom is 0.326 e. The van der Waals surface area contributed by atoms with E-state index in [4.69, 9.17) is 14.2 Å². The highest BCUT2D eigenvalue weighted by Crippen LogP contribution is 2.31. The Kier molecular flexibility index (Phi) is 8.88. The smallest absolute Gasteiger partial charge is 0.326 e. The number of hydrogen-bond donors (Lipinski definition) is 1. The molecular weight excluding hydrogens is 270 g/mol. The first-order valence-electron chi connectivity index (χ1n) is 8.30. The highest BCUT2D eigenvalue weighted by Gasteiger charge is 2.43. The van der Waals surface area contributed by atoms with Crippen LogP contribution in [0.25, 0.3) is 0 Å². The fourth-order valence-electron chi connectivity index (χ4n) is 2.91. The van der Waals surface area contributed by atoms with Gasteiger partial charge in [0, 0.05) is 13.0 Å². The van der Waals surface area contributed by atoms with Gasteiger partial charge in [-0.05, 0) is 39.2 Å². The largest absolute Gasteiger partial charge is 0.465 e. The van der Waals surface area contributed by atoms with E-state index in [-0.39, 0.29) is 12.1 Å². The van der Waals surface area contributed by atoms with Gasteiger partial charge in [0.15, 0.2) is 0 Å². The average molecular weight is 301 g/mol. The fraction of sp³-hybridized carbons (Fsp3) is 0.938. The molecule has 0 heterocycles. The molecule has 0 amide bonds. The molecule has 0 aromatic heterocycles. The SMILES string of the molecule is CCCOCCOC1CCCC(NCC)(C(=O)OCC)C1. The van der Waals surface area contributed by atoms with Gasteiger partial charge < -0.3 is 19.5 Å². The Morgan fingerprint density at radius 2 is 2.05 bits per heavy atom. The van der Waals surface area contributed by atoms with E-state index >= 15 is 0 Å². The topological polar surface area (TPSA) is 56.8 Å². The lowest BCUT2D eigenvalue weighted by Crippen LogP contribution is -2.57. The normalized spacial score (nSPS) is 25.8. The first-order chi connectivity index (χ1) is 10.2. The molecule has 1 N–H and O–H groups in total. The Labute approximate surface area is 128 Å². The van der Waals surface area contributed by atoms with Crippen LogP contribution in [0.3, 0.4) is 0 Å². The molecule has 5 heteroatoms. The third-order valence-electron chi connectivity index (χ3n) is 3.82. The summed E-state index contributed by atoms with van der Waals surface area (Å²) in [6.07, 6.45) is 4.62. The summed E-state index contributed by atoms with van der Waals surface area (Å²) in [4.78, 5) is 12.3. The molecule has 124 valence electrons. The van der Waals surface area contributed by atoms with Gasteiger partial charge in [-0.15, -0.1) is 0 Å². The predicted molar refractivity (Wildman–Crippen MR) is 82.4 cm³/mol. The van der Waals surface area contributed by atoms with Crippen LogP contribution in [0.4, 0.5) is 0 Å². The van der Waals surface area contributed by atoms with E-state index in [1.807, 2.05) is 13.8 Å². The summed E-state index contributed by atoms with van der Waals surface area (Å²) in [6.45, 7) is 9.12. The minimum absolute atomic E-state index is 0.104. The molecule has 0 spiro atoms. The van der Waals surface area contributed by atoms with Crippen molar-refractivity contribution >= 4 is 5.97 Å². The summed E-state index contributed by atoms with van der Waals surface area (Å²) < 4.78 is 16.6. The van der Waals surface area contributed by atoms with Crippen molar-refractivity contribution in [1.82, 2.24) is 5.32 Å². The molecule has 0 saturated heterocycles. The van der Waals surface area contributed by atoms with E-state index in [1.54, 1.807) is 0 Å². The summed E-state index contributed by atoms with van der Waals surface area (Å²) in [5, 5.41) is 3.34. The fourth-order valence-corrected chi connectivity index (χ4v) is 2.91. The van der Waals surface area contributed by atoms with Crippen LogP contribution in [0.5, 0.6) is 0 Å². The van der Waals surface area contributed by atoms with Gasteiger partial charge in [0.05, 0.1) is 25.9 Å². The molecule has 1 aliphatic rings. The van der Waals surface area contributed by atoms with Gasteiger partial charge in [-0.25, -0.2) is 0 Å². The number of likely N-dealkylation sites (N-methyl/N-ethyl adjacent to an activating group) is 1. The quantitative estimate of drug-likeness (QED) is 0.495. The van der Waals surface area contributed by atoms with Crippen LogP contribution in [0.2, 0.25) is 0 Å². The third-order valence-corrected chi connectivity index (χ3v) is 3.82. The second kappa shape index (κ2) is 10.1. The molecule has 2 atom stereocenters. The van der Waals surface area contributed by atoms with E-state index in [0.29, 0.717) is 26.2 Å². The van der Waals surface area contributed by atoms with Gasteiger partial charge in [0.2, 0.25) is 0 Å². The van der Waals surface area contributed by atoms with Gasteiger partial charge in [0.1, 0.15) is 5.54 Å². The molecule has 0 radical (unpaired) electrons. The number of esters is 1. The number of carbonyl (C=O) groups is 1. The monoisotopic (exact) mass is 301 g/mol.